The van der Waals surface area contributed by atoms with Crippen LogP contribution in [0, 0.1) is 19.7 Å². The van der Waals surface area contributed by atoms with E-state index in [1.807, 2.05) is 31.2 Å². The van der Waals surface area contributed by atoms with Crippen LogP contribution in [0.4, 0.5) is 16.0 Å². The number of aryl methyl sites for hydroxylation is 1. The van der Waals surface area contributed by atoms with Crippen LogP contribution < -0.4 is 5.32 Å². The van der Waals surface area contributed by atoms with Crippen molar-refractivity contribution in [3.05, 3.63) is 65.9 Å². The van der Waals surface area contributed by atoms with Crippen molar-refractivity contribution in [2.75, 3.05) is 5.32 Å². The molecule has 0 spiro atoms. The van der Waals surface area contributed by atoms with Gasteiger partial charge in [0.15, 0.2) is 0 Å². The van der Waals surface area contributed by atoms with Crippen LogP contribution in [-0.2, 0) is 0 Å². The van der Waals surface area contributed by atoms with Gasteiger partial charge in [0, 0.05) is 35.4 Å². The molecule has 1 aromatic carbocycles. The van der Waals surface area contributed by atoms with E-state index in [2.05, 4.69) is 20.3 Å². The number of hydrogen-bond donors (Lipinski definition) is 1. The van der Waals surface area contributed by atoms with Gasteiger partial charge in [0.2, 0.25) is 5.95 Å². The average molecular weight is 294 g/mol. The minimum atomic E-state index is -0.245. The van der Waals surface area contributed by atoms with Crippen LogP contribution >= 0.6 is 0 Å². The molecule has 0 saturated heterocycles. The number of benzene rings is 1. The number of halogens is 1. The van der Waals surface area contributed by atoms with Gasteiger partial charge in [-0.15, -0.1) is 0 Å². The number of nitrogens with zero attached hydrogens (tertiary/aromatic N) is 3. The molecule has 0 atom stereocenters. The smallest absolute Gasteiger partial charge is 0.227 e. The minimum absolute atomic E-state index is 0.245. The van der Waals surface area contributed by atoms with E-state index in [-0.39, 0.29) is 5.82 Å². The molecule has 0 saturated carbocycles. The highest BCUT2D eigenvalue weighted by atomic mass is 19.1. The fourth-order valence-electron chi connectivity index (χ4n) is 2.16. The second-order valence-electron chi connectivity index (χ2n) is 5.05. The van der Waals surface area contributed by atoms with Gasteiger partial charge in [0.05, 0.1) is 5.69 Å². The molecule has 0 radical (unpaired) electrons. The molecule has 0 bridgehead atoms. The Morgan fingerprint density at radius 1 is 1.09 bits per heavy atom. The lowest BCUT2D eigenvalue weighted by atomic mass is 10.1. The van der Waals surface area contributed by atoms with Crippen LogP contribution in [0.2, 0.25) is 0 Å². The van der Waals surface area contributed by atoms with E-state index < -0.39 is 0 Å². The van der Waals surface area contributed by atoms with Crippen molar-refractivity contribution in [1.29, 1.82) is 0 Å². The summed E-state index contributed by atoms with van der Waals surface area (Å²) in [7, 11) is 0. The number of rotatable bonds is 3. The van der Waals surface area contributed by atoms with Crippen molar-refractivity contribution in [1.82, 2.24) is 15.0 Å². The third-order valence-electron chi connectivity index (χ3n) is 3.35. The van der Waals surface area contributed by atoms with Crippen molar-refractivity contribution in [3.8, 4) is 11.3 Å². The minimum Gasteiger partial charge on any atom is -0.324 e. The normalized spacial score (nSPS) is 10.5. The van der Waals surface area contributed by atoms with Crippen molar-refractivity contribution >= 4 is 11.6 Å². The molecule has 1 N–H and O–H groups in total. The molecular weight excluding hydrogens is 279 g/mol. The Morgan fingerprint density at radius 3 is 2.73 bits per heavy atom. The number of aromatic nitrogens is 3. The van der Waals surface area contributed by atoms with Crippen molar-refractivity contribution in [2.45, 2.75) is 13.8 Å². The standard InChI is InChI=1S/C17H15FN4/c1-11-8-14(18)12(2)16(9-11)22-17-20-7-5-15(21-17)13-4-3-6-19-10-13/h3-10H,1-2H3,(H,20,21,22). The van der Waals surface area contributed by atoms with E-state index in [1.54, 1.807) is 25.5 Å². The lowest BCUT2D eigenvalue weighted by molar-refractivity contribution is 0.618. The van der Waals surface area contributed by atoms with Gasteiger partial charge in [0.1, 0.15) is 5.82 Å². The highest BCUT2D eigenvalue weighted by Crippen LogP contribution is 2.24. The second-order valence-corrected chi connectivity index (χ2v) is 5.05. The molecule has 2 aromatic heterocycles. The summed E-state index contributed by atoms with van der Waals surface area (Å²) in [6.45, 7) is 3.57. The Bertz CT molecular complexity index is 803. The third-order valence-corrected chi connectivity index (χ3v) is 3.35. The third kappa shape index (κ3) is 2.93. The van der Waals surface area contributed by atoms with Gasteiger partial charge in [-0.3, -0.25) is 4.98 Å². The van der Waals surface area contributed by atoms with Gasteiger partial charge in [-0.05, 0) is 49.7 Å². The number of anilines is 2. The first-order valence-corrected chi connectivity index (χ1v) is 6.91. The number of hydrogen-bond acceptors (Lipinski definition) is 4. The molecule has 3 aromatic rings. The summed E-state index contributed by atoms with van der Waals surface area (Å²) in [6, 6.07) is 8.97. The summed E-state index contributed by atoms with van der Waals surface area (Å²) in [5, 5.41) is 3.08. The number of pyridine rings is 1. The molecule has 0 fully saturated rings. The van der Waals surface area contributed by atoms with Gasteiger partial charge in [-0.2, -0.15) is 0 Å². The molecule has 0 unspecified atom stereocenters. The quantitative estimate of drug-likeness (QED) is 0.792. The molecule has 0 aliphatic rings. The van der Waals surface area contributed by atoms with Gasteiger partial charge in [-0.25, -0.2) is 14.4 Å². The van der Waals surface area contributed by atoms with Gasteiger partial charge < -0.3 is 5.32 Å². The van der Waals surface area contributed by atoms with Crippen LogP contribution in [0.3, 0.4) is 0 Å². The molecule has 0 aliphatic heterocycles. The summed E-state index contributed by atoms with van der Waals surface area (Å²) in [5.41, 5.74) is 3.72. The van der Waals surface area contributed by atoms with Crippen LogP contribution in [0.25, 0.3) is 11.3 Å². The fourth-order valence-corrected chi connectivity index (χ4v) is 2.16. The maximum Gasteiger partial charge on any atom is 0.227 e. The zero-order chi connectivity index (χ0) is 15.5. The molecule has 0 amide bonds. The van der Waals surface area contributed by atoms with E-state index in [4.69, 9.17) is 0 Å². The topological polar surface area (TPSA) is 50.7 Å². The first-order chi connectivity index (χ1) is 10.6. The molecule has 110 valence electrons. The predicted molar refractivity (Wildman–Crippen MR) is 84.4 cm³/mol. The van der Waals surface area contributed by atoms with Crippen LogP contribution in [-0.4, -0.2) is 15.0 Å². The van der Waals surface area contributed by atoms with Crippen LogP contribution in [0.1, 0.15) is 11.1 Å². The molecule has 4 nitrogen and oxygen atoms in total. The fraction of sp³-hybridized carbons (Fsp3) is 0.118. The zero-order valence-corrected chi connectivity index (χ0v) is 12.3. The average Bonchev–Trinajstić information content (AvgIpc) is 2.53. The summed E-state index contributed by atoms with van der Waals surface area (Å²) in [6.07, 6.45) is 5.12. The van der Waals surface area contributed by atoms with E-state index in [9.17, 15) is 4.39 Å². The van der Waals surface area contributed by atoms with Crippen molar-refractivity contribution in [2.24, 2.45) is 0 Å². The Hall–Kier alpha value is -2.82. The second kappa shape index (κ2) is 5.89. The molecule has 3 rings (SSSR count). The Morgan fingerprint density at radius 2 is 1.95 bits per heavy atom. The molecule has 2 heterocycles. The van der Waals surface area contributed by atoms with Crippen LogP contribution in [0.5, 0.6) is 0 Å². The summed E-state index contributed by atoms with van der Waals surface area (Å²) >= 11 is 0. The van der Waals surface area contributed by atoms with Crippen LogP contribution in [0.15, 0.2) is 48.9 Å². The summed E-state index contributed by atoms with van der Waals surface area (Å²) in [4.78, 5) is 12.7. The van der Waals surface area contributed by atoms with Gasteiger partial charge in [-0.1, -0.05) is 0 Å². The van der Waals surface area contributed by atoms with E-state index in [1.165, 1.54) is 6.07 Å². The van der Waals surface area contributed by atoms with E-state index in [0.29, 0.717) is 17.2 Å². The lowest BCUT2D eigenvalue weighted by Gasteiger charge is -2.11. The highest BCUT2D eigenvalue weighted by Gasteiger charge is 2.08. The first kappa shape index (κ1) is 14.1. The Labute approximate surface area is 128 Å². The van der Waals surface area contributed by atoms with Crippen molar-refractivity contribution < 1.29 is 4.39 Å². The van der Waals surface area contributed by atoms with Gasteiger partial charge >= 0.3 is 0 Å². The molecule has 22 heavy (non-hydrogen) atoms. The van der Waals surface area contributed by atoms with E-state index >= 15 is 0 Å². The predicted octanol–water partition coefficient (Wildman–Crippen LogP) is 4.04. The lowest BCUT2D eigenvalue weighted by Crippen LogP contribution is -2.01. The zero-order valence-electron chi connectivity index (χ0n) is 12.3. The molecule has 5 heteroatoms. The highest BCUT2D eigenvalue weighted by molar-refractivity contribution is 5.63. The first-order valence-electron chi connectivity index (χ1n) is 6.91. The summed E-state index contributed by atoms with van der Waals surface area (Å²) in [5.74, 6) is 0.181. The van der Waals surface area contributed by atoms with Gasteiger partial charge in [0.25, 0.3) is 0 Å². The van der Waals surface area contributed by atoms with E-state index in [0.717, 1.165) is 16.8 Å². The maximum absolute atomic E-state index is 13.8. The SMILES string of the molecule is Cc1cc(F)c(C)c(Nc2nccc(-c3cccnc3)n2)c1. The summed E-state index contributed by atoms with van der Waals surface area (Å²) < 4.78 is 13.8. The monoisotopic (exact) mass is 294 g/mol. The van der Waals surface area contributed by atoms with Crippen molar-refractivity contribution in [3.63, 3.8) is 0 Å². The Kier molecular flexibility index (Phi) is 3.78. The number of nitrogens with one attached hydrogen (secondary N) is 1. The molecule has 0 aliphatic carbocycles. The largest absolute Gasteiger partial charge is 0.324 e. The Balaban J connectivity index is 1.94. The molecular formula is C17H15FN4. The maximum atomic E-state index is 13.8.